The van der Waals surface area contributed by atoms with Gasteiger partial charge in [0.2, 0.25) is 5.91 Å². The third-order valence-corrected chi connectivity index (χ3v) is 6.90. The molecule has 2 fully saturated rings. The molecule has 154 valence electrons. The van der Waals surface area contributed by atoms with E-state index in [9.17, 15) is 14.4 Å². The van der Waals surface area contributed by atoms with E-state index in [0.29, 0.717) is 36.1 Å². The molecule has 1 spiro atoms. The average molecular weight is 409 g/mol. The second-order valence-corrected chi connectivity index (χ2v) is 8.71. The van der Waals surface area contributed by atoms with E-state index in [-0.39, 0.29) is 29.6 Å². The van der Waals surface area contributed by atoms with Gasteiger partial charge in [0, 0.05) is 33.3 Å². The predicted octanol–water partition coefficient (Wildman–Crippen LogP) is 2.07. The van der Waals surface area contributed by atoms with Gasteiger partial charge in [-0.25, -0.2) is 0 Å². The number of rotatable bonds is 7. The van der Waals surface area contributed by atoms with Gasteiger partial charge in [-0.05, 0) is 43.7 Å². The standard InChI is InChI=1S/C20H28N2O5S/c1-15(23)16-3-4-17(28-16)19(25)21-8-5-20(6-9-21)7-10-22(14-20)18(24)13-27-12-11-26-2/h3-4H,5-14H2,1-2H3. The smallest absolute Gasteiger partial charge is 0.263 e. The highest BCUT2D eigenvalue weighted by Gasteiger charge is 2.42. The molecule has 0 bridgehead atoms. The summed E-state index contributed by atoms with van der Waals surface area (Å²) < 4.78 is 10.3. The minimum atomic E-state index is -0.0106. The van der Waals surface area contributed by atoms with Crippen molar-refractivity contribution >= 4 is 28.9 Å². The number of likely N-dealkylation sites (tertiary alicyclic amines) is 2. The van der Waals surface area contributed by atoms with Crippen molar-refractivity contribution in [3.05, 3.63) is 21.9 Å². The Kier molecular flexibility index (Phi) is 6.85. The molecular weight excluding hydrogens is 380 g/mol. The Hall–Kier alpha value is -1.77. The number of hydrogen-bond donors (Lipinski definition) is 0. The highest BCUT2D eigenvalue weighted by Crippen LogP contribution is 2.40. The van der Waals surface area contributed by atoms with Crippen LogP contribution in [-0.2, 0) is 14.3 Å². The summed E-state index contributed by atoms with van der Waals surface area (Å²) >= 11 is 1.27. The van der Waals surface area contributed by atoms with Crippen molar-refractivity contribution in [1.29, 1.82) is 0 Å². The number of ketones is 1. The molecule has 1 aromatic rings. The Morgan fingerprint density at radius 1 is 1.04 bits per heavy atom. The zero-order chi connectivity index (χ0) is 20.1. The van der Waals surface area contributed by atoms with Gasteiger partial charge in [-0.2, -0.15) is 0 Å². The molecule has 0 aromatic carbocycles. The Morgan fingerprint density at radius 3 is 2.29 bits per heavy atom. The topological polar surface area (TPSA) is 76.2 Å². The van der Waals surface area contributed by atoms with Crippen LogP contribution < -0.4 is 0 Å². The SMILES string of the molecule is COCCOCC(=O)N1CCC2(CCN(C(=O)c3ccc(C(C)=O)s3)CC2)C1. The van der Waals surface area contributed by atoms with Gasteiger partial charge >= 0.3 is 0 Å². The van der Waals surface area contributed by atoms with Crippen molar-refractivity contribution < 1.29 is 23.9 Å². The fraction of sp³-hybridized carbons (Fsp3) is 0.650. The first kappa shape index (κ1) is 21.0. The number of nitrogens with zero attached hydrogens (tertiary/aromatic N) is 2. The number of methoxy groups -OCH3 is 1. The highest BCUT2D eigenvalue weighted by molar-refractivity contribution is 7.15. The fourth-order valence-corrected chi connectivity index (χ4v) is 4.80. The molecule has 0 radical (unpaired) electrons. The van der Waals surface area contributed by atoms with E-state index in [0.717, 1.165) is 32.4 Å². The van der Waals surface area contributed by atoms with Crippen LogP contribution >= 0.6 is 11.3 Å². The molecule has 8 heteroatoms. The third-order valence-electron chi connectivity index (χ3n) is 5.72. The molecule has 2 aliphatic heterocycles. The predicted molar refractivity (Wildman–Crippen MR) is 106 cm³/mol. The van der Waals surface area contributed by atoms with E-state index in [1.165, 1.54) is 18.3 Å². The lowest BCUT2D eigenvalue weighted by Gasteiger charge is -2.39. The summed E-state index contributed by atoms with van der Waals surface area (Å²) in [5.74, 6) is 0.0233. The van der Waals surface area contributed by atoms with Gasteiger partial charge in [0.25, 0.3) is 5.91 Å². The largest absolute Gasteiger partial charge is 0.382 e. The molecule has 0 aliphatic carbocycles. The first-order valence-electron chi connectivity index (χ1n) is 9.69. The zero-order valence-electron chi connectivity index (χ0n) is 16.6. The number of thiophene rings is 1. The molecule has 0 saturated carbocycles. The van der Waals surface area contributed by atoms with Crippen LogP contribution in [0.1, 0.15) is 45.5 Å². The number of carbonyl (C=O) groups excluding carboxylic acids is 3. The summed E-state index contributed by atoms with van der Waals surface area (Å²) in [5, 5.41) is 0. The van der Waals surface area contributed by atoms with Crippen LogP contribution in [-0.4, -0.2) is 80.5 Å². The maximum absolute atomic E-state index is 12.7. The summed E-state index contributed by atoms with van der Waals surface area (Å²) in [7, 11) is 1.60. The Bertz CT molecular complexity index is 724. The maximum atomic E-state index is 12.7. The van der Waals surface area contributed by atoms with Crippen LogP contribution in [0.2, 0.25) is 0 Å². The molecule has 2 aliphatic rings. The first-order valence-corrected chi connectivity index (χ1v) is 10.5. The van der Waals surface area contributed by atoms with Gasteiger partial charge in [-0.3, -0.25) is 14.4 Å². The minimum absolute atomic E-state index is 0.00447. The fourth-order valence-electron chi connectivity index (χ4n) is 3.93. The van der Waals surface area contributed by atoms with Crippen LogP contribution in [0.3, 0.4) is 0 Å². The first-order chi connectivity index (χ1) is 13.4. The molecule has 28 heavy (non-hydrogen) atoms. The number of piperidine rings is 1. The second kappa shape index (κ2) is 9.15. The number of ether oxygens (including phenoxy) is 2. The molecule has 0 N–H and O–H groups in total. The van der Waals surface area contributed by atoms with Crippen molar-refractivity contribution in [3.8, 4) is 0 Å². The average Bonchev–Trinajstić information content (AvgIpc) is 3.33. The number of Topliss-reactive ketones (excluding diaryl/α,β-unsaturated/α-hetero) is 1. The van der Waals surface area contributed by atoms with E-state index in [1.807, 2.05) is 9.80 Å². The summed E-state index contributed by atoms with van der Waals surface area (Å²) in [6.07, 6.45) is 2.78. The maximum Gasteiger partial charge on any atom is 0.263 e. The summed E-state index contributed by atoms with van der Waals surface area (Å²) in [6.45, 7) is 5.41. The van der Waals surface area contributed by atoms with Crippen molar-refractivity contribution in [3.63, 3.8) is 0 Å². The van der Waals surface area contributed by atoms with E-state index in [4.69, 9.17) is 9.47 Å². The van der Waals surface area contributed by atoms with Crippen molar-refractivity contribution in [2.24, 2.45) is 5.41 Å². The van der Waals surface area contributed by atoms with Crippen LogP contribution in [0.25, 0.3) is 0 Å². The molecule has 3 heterocycles. The lowest BCUT2D eigenvalue weighted by atomic mass is 9.78. The molecule has 2 amide bonds. The summed E-state index contributed by atoms with van der Waals surface area (Å²) in [6, 6.07) is 3.47. The Labute approximate surface area is 169 Å². The van der Waals surface area contributed by atoms with Gasteiger partial charge in [0.1, 0.15) is 6.61 Å². The van der Waals surface area contributed by atoms with Crippen LogP contribution in [0.4, 0.5) is 0 Å². The number of amides is 2. The second-order valence-electron chi connectivity index (χ2n) is 7.62. The Balaban J connectivity index is 1.48. The van der Waals surface area contributed by atoms with E-state index in [2.05, 4.69) is 0 Å². The molecule has 7 nitrogen and oxygen atoms in total. The van der Waals surface area contributed by atoms with Crippen LogP contribution in [0, 0.1) is 5.41 Å². The van der Waals surface area contributed by atoms with Crippen molar-refractivity contribution in [1.82, 2.24) is 9.80 Å². The molecule has 1 aromatic heterocycles. The summed E-state index contributed by atoms with van der Waals surface area (Å²) in [5.41, 5.74) is 0.110. The van der Waals surface area contributed by atoms with Crippen LogP contribution in [0.5, 0.6) is 0 Å². The normalized spacial score (nSPS) is 18.6. The molecule has 0 atom stereocenters. The van der Waals surface area contributed by atoms with E-state index < -0.39 is 0 Å². The van der Waals surface area contributed by atoms with Crippen LogP contribution in [0.15, 0.2) is 12.1 Å². The quantitative estimate of drug-likeness (QED) is 0.510. The Morgan fingerprint density at radius 2 is 1.68 bits per heavy atom. The van der Waals surface area contributed by atoms with Gasteiger partial charge in [0.15, 0.2) is 5.78 Å². The summed E-state index contributed by atoms with van der Waals surface area (Å²) in [4.78, 5) is 41.5. The molecule has 2 saturated heterocycles. The lowest BCUT2D eigenvalue weighted by molar-refractivity contribution is -0.136. The van der Waals surface area contributed by atoms with E-state index in [1.54, 1.807) is 19.2 Å². The van der Waals surface area contributed by atoms with Gasteiger partial charge < -0.3 is 19.3 Å². The van der Waals surface area contributed by atoms with Crippen molar-refractivity contribution in [2.75, 3.05) is 53.1 Å². The molecule has 3 rings (SSSR count). The van der Waals surface area contributed by atoms with Gasteiger partial charge in [-0.1, -0.05) is 0 Å². The van der Waals surface area contributed by atoms with Gasteiger partial charge in [-0.15, -0.1) is 11.3 Å². The molecular formula is C20H28N2O5S. The lowest BCUT2D eigenvalue weighted by Crippen LogP contribution is -2.44. The number of hydrogen-bond acceptors (Lipinski definition) is 6. The minimum Gasteiger partial charge on any atom is -0.382 e. The highest BCUT2D eigenvalue weighted by atomic mass is 32.1. The monoisotopic (exact) mass is 408 g/mol. The zero-order valence-corrected chi connectivity index (χ0v) is 17.4. The van der Waals surface area contributed by atoms with Crippen molar-refractivity contribution in [2.45, 2.75) is 26.2 Å². The van der Waals surface area contributed by atoms with Gasteiger partial charge in [0.05, 0.1) is 23.0 Å². The van der Waals surface area contributed by atoms with E-state index >= 15 is 0 Å². The number of carbonyl (C=O) groups is 3. The third kappa shape index (κ3) is 4.79. The molecule has 0 unspecified atom stereocenters.